The first-order valence-electron chi connectivity index (χ1n) is 4.79. The summed E-state index contributed by atoms with van der Waals surface area (Å²) in [5, 5.41) is 11.9. The van der Waals surface area contributed by atoms with Crippen molar-refractivity contribution in [3.63, 3.8) is 0 Å². The lowest BCUT2D eigenvalue weighted by molar-refractivity contribution is -0.143. The van der Waals surface area contributed by atoms with Gasteiger partial charge in [-0.05, 0) is 17.9 Å². The van der Waals surface area contributed by atoms with Crippen molar-refractivity contribution in [2.24, 2.45) is 5.41 Å². The highest BCUT2D eigenvalue weighted by atomic mass is 32.1. The second-order valence-electron chi connectivity index (χ2n) is 3.90. The van der Waals surface area contributed by atoms with Gasteiger partial charge in [-0.2, -0.15) is 25.3 Å². The Balaban J connectivity index is 2.91. The van der Waals surface area contributed by atoms with Gasteiger partial charge in [0.15, 0.2) is 0 Å². The molecule has 0 aliphatic carbocycles. The van der Waals surface area contributed by atoms with E-state index in [2.05, 4.69) is 35.3 Å². The molecule has 1 saturated heterocycles. The van der Waals surface area contributed by atoms with Gasteiger partial charge in [-0.3, -0.25) is 14.9 Å². The fourth-order valence-corrected chi connectivity index (χ4v) is 2.97. The summed E-state index contributed by atoms with van der Waals surface area (Å²) in [4.78, 5) is 22.5. The maximum atomic E-state index is 11.4. The molecule has 0 aromatic heterocycles. The molecular formula is C9H15NO4S2. The number of esters is 1. The molecule has 2 atom stereocenters. The van der Waals surface area contributed by atoms with Crippen LogP contribution < -0.4 is 5.32 Å². The fraction of sp³-hybridized carbons (Fsp3) is 0.778. The second kappa shape index (κ2) is 5.29. The minimum Gasteiger partial charge on any atom is -0.480 e. The third kappa shape index (κ3) is 2.31. The summed E-state index contributed by atoms with van der Waals surface area (Å²) in [6.07, 6.45) is 0.379. The number of carboxylic acids is 1. The number of methoxy groups -OCH3 is 1. The van der Waals surface area contributed by atoms with E-state index in [-0.39, 0.29) is 0 Å². The lowest BCUT2D eigenvalue weighted by atomic mass is 9.83. The van der Waals surface area contributed by atoms with E-state index in [4.69, 9.17) is 5.11 Å². The standard InChI is InChI=1S/C9H15NO4S2/c1-14-8(13)5-2-9(3-15,4-16)6(10-5)7(11)12/h5-6,10,15-16H,2-4H2,1H3,(H,11,12). The quantitative estimate of drug-likeness (QED) is 0.419. The number of ether oxygens (including phenoxy) is 1. The Morgan fingerprint density at radius 1 is 1.50 bits per heavy atom. The minimum atomic E-state index is -0.991. The third-order valence-corrected chi connectivity index (χ3v) is 4.21. The van der Waals surface area contributed by atoms with Crippen LogP contribution in [0, 0.1) is 5.41 Å². The molecule has 1 aliphatic rings. The molecule has 2 unspecified atom stereocenters. The summed E-state index contributed by atoms with van der Waals surface area (Å²) in [7, 11) is 1.28. The van der Waals surface area contributed by atoms with Gasteiger partial charge < -0.3 is 9.84 Å². The molecule has 0 aromatic rings. The Morgan fingerprint density at radius 3 is 2.38 bits per heavy atom. The molecule has 1 rings (SSSR count). The van der Waals surface area contributed by atoms with Crippen molar-refractivity contribution in [2.45, 2.75) is 18.5 Å². The summed E-state index contributed by atoms with van der Waals surface area (Å²) in [5.41, 5.74) is -0.614. The highest BCUT2D eigenvalue weighted by Crippen LogP contribution is 2.37. The zero-order valence-electron chi connectivity index (χ0n) is 8.84. The minimum absolute atomic E-state index is 0.355. The number of nitrogens with one attached hydrogen (secondary N) is 1. The molecule has 0 radical (unpaired) electrons. The van der Waals surface area contributed by atoms with Crippen molar-refractivity contribution >= 4 is 37.2 Å². The molecule has 0 saturated carbocycles. The van der Waals surface area contributed by atoms with Gasteiger partial charge >= 0.3 is 11.9 Å². The summed E-state index contributed by atoms with van der Waals surface area (Å²) in [6, 6.07) is -1.41. The van der Waals surface area contributed by atoms with E-state index in [1.54, 1.807) is 0 Å². The molecule has 16 heavy (non-hydrogen) atoms. The van der Waals surface area contributed by atoms with Gasteiger partial charge in [0.2, 0.25) is 0 Å². The average Bonchev–Trinajstić information content (AvgIpc) is 2.68. The Hall–Kier alpha value is -0.400. The maximum absolute atomic E-state index is 11.4. The highest BCUT2D eigenvalue weighted by Gasteiger charge is 2.51. The molecular weight excluding hydrogens is 250 g/mol. The van der Waals surface area contributed by atoms with Crippen LogP contribution in [0.4, 0.5) is 0 Å². The second-order valence-corrected chi connectivity index (χ2v) is 4.53. The number of hydrogen-bond acceptors (Lipinski definition) is 6. The van der Waals surface area contributed by atoms with Gasteiger partial charge in [0.05, 0.1) is 7.11 Å². The summed E-state index contributed by atoms with van der Waals surface area (Å²) >= 11 is 8.34. The van der Waals surface area contributed by atoms with Crippen LogP contribution in [0.5, 0.6) is 0 Å². The van der Waals surface area contributed by atoms with E-state index < -0.39 is 29.4 Å². The first-order valence-corrected chi connectivity index (χ1v) is 6.05. The molecule has 1 aliphatic heterocycles. The third-order valence-electron chi connectivity index (χ3n) is 2.95. The van der Waals surface area contributed by atoms with Gasteiger partial charge in [-0.15, -0.1) is 0 Å². The molecule has 7 heteroatoms. The smallest absolute Gasteiger partial charge is 0.322 e. The number of aliphatic carboxylic acids is 1. The number of rotatable bonds is 4. The zero-order chi connectivity index (χ0) is 12.3. The molecule has 5 nitrogen and oxygen atoms in total. The van der Waals surface area contributed by atoms with Crippen molar-refractivity contribution in [3.05, 3.63) is 0 Å². The van der Waals surface area contributed by atoms with Crippen LogP contribution in [0.3, 0.4) is 0 Å². The van der Waals surface area contributed by atoms with Crippen LogP contribution in [0.1, 0.15) is 6.42 Å². The number of carbonyl (C=O) groups is 2. The van der Waals surface area contributed by atoms with Crippen molar-refractivity contribution in [3.8, 4) is 0 Å². The van der Waals surface area contributed by atoms with E-state index in [0.29, 0.717) is 17.9 Å². The van der Waals surface area contributed by atoms with E-state index in [0.717, 1.165) is 0 Å². The largest absolute Gasteiger partial charge is 0.480 e. The Bertz CT molecular complexity index is 293. The van der Waals surface area contributed by atoms with E-state index >= 15 is 0 Å². The topological polar surface area (TPSA) is 75.6 Å². The van der Waals surface area contributed by atoms with Crippen LogP contribution in [0.25, 0.3) is 0 Å². The van der Waals surface area contributed by atoms with Crippen molar-refractivity contribution in [1.29, 1.82) is 0 Å². The van der Waals surface area contributed by atoms with E-state index in [9.17, 15) is 9.59 Å². The van der Waals surface area contributed by atoms with Gasteiger partial charge in [0, 0.05) is 5.41 Å². The number of carboxylic acid groups (broad SMARTS) is 1. The van der Waals surface area contributed by atoms with Crippen LogP contribution in [-0.2, 0) is 14.3 Å². The lowest BCUT2D eigenvalue weighted by Gasteiger charge is -2.28. The first-order chi connectivity index (χ1) is 7.50. The number of carbonyl (C=O) groups excluding carboxylic acids is 1. The van der Waals surface area contributed by atoms with Gasteiger partial charge in [-0.1, -0.05) is 0 Å². The first kappa shape index (κ1) is 13.7. The Labute approximate surface area is 105 Å². The van der Waals surface area contributed by atoms with Crippen molar-refractivity contribution in [2.75, 3.05) is 18.6 Å². The molecule has 1 fully saturated rings. The van der Waals surface area contributed by atoms with Gasteiger partial charge in [0.25, 0.3) is 0 Å². The van der Waals surface area contributed by atoms with Crippen LogP contribution in [0.2, 0.25) is 0 Å². The normalized spacial score (nSPS) is 27.7. The summed E-state index contributed by atoms with van der Waals surface area (Å²) < 4.78 is 4.60. The molecule has 0 amide bonds. The van der Waals surface area contributed by atoms with E-state index in [1.807, 2.05) is 0 Å². The summed E-state index contributed by atoms with van der Waals surface area (Å²) in [5.74, 6) is -0.728. The highest BCUT2D eigenvalue weighted by molar-refractivity contribution is 7.81. The Morgan fingerprint density at radius 2 is 2.06 bits per heavy atom. The van der Waals surface area contributed by atoms with Gasteiger partial charge in [0.1, 0.15) is 12.1 Å². The Kier molecular flexibility index (Phi) is 4.52. The van der Waals surface area contributed by atoms with Gasteiger partial charge in [-0.25, -0.2) is 0 Å². The van der Waals surface area contributed by atoms with Crippen LogP contribution in [-0.4, -0.2) is 47.7 Å². The molecule has 2 N–H and O–H groups in total. The predicted octanol–water partition coefficient (Wildman–Crippen LogP) is -0.180. The maximum Gasteiger partial charge on any atom is 0.322 e. The van der Waals surface area contributed by atoms with Crippen molar-refractivity contribution in [1.82, 2.24) is 5.32 Å². The number of thiol groups is 2. The van der Waals surface area contributed by atoms with Crippen LogP contribution >= 0.6 is 25.3 Å². The molecule has 92 valence electrons. The lowest BCUT2D eigenvalue weighted by Crippen LogP contribution is -2.47. The van der Waals surface area contributed by atoms with E-state index in [1.165, 1.54) is 7.11 Å². The molecule has 0 aromatic carbocycles. The molecule has 0 spiro atoms. The zero-order valence-corrected chi connectivity index (χ0v) is 10.6. The number of hydrogen-bond donors (Lipinski definition) is 4. The van der Waals surface area contributed by atoms with Crippen LogP contribution in [0.15, 0.2) is 0 Å². The van der Waals surface area contributed by atoms with Crippen molar-refractivity contribution < 1.29 is 19.4 Å². The predicted molar refractivity (Wildman–Crippen MR) is 65.1 cm³/mol. The molecule has 0 bridgehead atoms. The monoisotopic (exact) mass is 265 g/mol. The SMILES string of the molecule is COC(=O)C1CC(CS)(CS)C(C(=O)O)N1. The summed E-state index contributed by atoms with van der Waals surface area (Å²) in [6.45, 7) is 0. The fourth-order valence-electron chi connectivity index (χ4n) is 1.95. The average molecular weight is 265 g/mol. The molecule has 1 heterocycles.